The summed E-state index contributed by atoms with van der Waals surface area (Å²) in [5.74, 6) is 6.69. The number of ether oxygens (including phenoxy) is 1. The van der Waals surface area contributed by atoms with E-state index in [1.54, 1.807) is 11.1 Å². The highest BCUT2D eigenvalue weighted by molar-refractivity contribution is 9.11. The Hall–Kier alpha value is -1.06. The first-order valence-corrected chi connectivity index (χ1v) is 8.55. The second-order valence-electron chi connectivity index (χ2n) is 5.98. The van der Waals surface area contributed by atoms with Crippen molar-refractivity contribution in [3.05, 3.63) is 15.0 Å². The summed E-state index contributed by atoms with van der Waals surface area (Å²) in [5.41, 5.74) is -0.439. The van der Waals surface area contributed by atoms with E-state index in [2.05, 4.69) is 32.8 Å². The summed E-state index contributed by atoms with van der Waals surface area (Å²) >= 11 is 4.91. The molecule has 0 bridgehead atoms. The van der Waals surface area contributed by atoms with Gasteiger partial charge in [0.15, 0.2) is 5.01 Å². The van der Waals surface area contributed by atoms with E-state index in [9.17, 15) is 4.79 Å². The van der Waals surface area contributed by atoms with E-state index in [4.69, 9.17) is 4.74 Å². The van der Waals surface area contributed by atoms with Crippen molar-refractivity contribution in [3.8, 4) is 11.8 Å². The number of hydrogen-bond acceptors (Lipinski definition) is 4. The van der Waals surface area contributed by atoms with Crippen molar-refractivity contribution in [1.82, 2.24) is 9.88 Å². The molecular weight excluding hydrogens is 352 g/mol. The van der Waals surface area contributed by atoms with Crippen molar-refractivity contribution < 1.29 is 9.53 Å². The third-order valence-electron chi connectivity index (χ3n) is 3.01. The molecule has 0 spiro atoms. The van der Waals surface area contributed by atoms with E-state index in [-0.39, 0.29) is 6.09 Å². The van der Waals surface area contributed by atoms with Gasteiger partial charge in [0, 0.05) is 19.0 Å². The van der Waals surface area contributed by atoms with Gasteiger partial charge in [-0.3, -0.25) is 0 Å². The van der Waals surface area contributed by atoms with Gasteiger partial charge in [-0.1, -0.05) is 17.3 Å². The van der Waals surface area contributed by atoms with E-state index < -0.39 is 5.60 Å². The van der Waals surface area contributed by atoms with E-state index in [1.807, 2.05) is 20.8 Å². The number of likely N-dealkylation sites (tertiary alicyclic amines) is 1. The quantitative estimate of drug-likeness (QED) is 0.650. The van der Waals surface area contributed by atoms with Gasteiger partial charge in [-0.15, -0.1) is 0 Å². The van der Waals surface area contributed by atoms with Crippen LogP contribution in [0.4, 0.5) is 4.79 Å². The van der Waals surface area contributed by atoms with Crippen LogP contribution in [-0.4, -0.2) is 34.7 Å². The number of carbonyl (C=O) groups excluding carboxylic acids is 1. The zero-order valence-corrected chi connectivity index (χ0v) is 14.9. The Morgan fingerprint density at radius 1 is 1.48 bits per heavy atom. The summed E-state index contributed by atoms with van der Waals surface area (Å²) in [6, 6.07) is 0. The minimum Gasteiger partial charge on any atom is -0.444 e. The summed E-state index contributed by atoms with van der Waals surface area (Å²) in [4.78, 5) is 17.9. The lowest BCUT2D eigenvalue weighted by atomic mass is 9.98. The normalized spacial score (nSPS) is 16.3. The van der Waals surface area contributed by atoms with Crippen molar-refractivity contribution >= 4 is 33.4 Å². The number of nitrogens with zero attached hydrogens (tertiary/aromatic N) is 2. The van der Waals surface area contributed by atoms with Gasteiger partial charge in [-0.25, -0.2) is 9.78 Å². The molecule has 0 atom stereocenters. The Morgan fingerprint density at radius 3 is 2.67 bits per heavy atom. The molecule has 6 heteroatoms. The minimum absolute atomic E-state index is 0.224. The van der Waals surface area contributed by atoms with Gasteiger partial charge in [0.1, 0.15) is 5.60 Å². The van der Waals surface area contributed by atoms with Crippen molar-refractivity contribution in [1.29, 1.82) is 0 Å². The van der Waals surface area contributed by atoms with E-state index in [0.29, 0.717) is 19.0 Å². The van der Waals surface area contributed by atoms with Gasteiger partial charge in [-0.2, -0.15) is 0 Å². The molecule has 0 aromatic carbocycles. The average Bonchev–Trinajstić information content (AvgIpc) is 2.81. The van der Waals surface area contributed by atoms with Crippen molar-refractivity contribution in [3.63, 3.8) is 0 Å². The standard InChI is InChI=1S/C15H19BrN2O2S/c1-15(2,3)20-14(19)18-8-6-11(7-9-18)4-5-13-17-10-12(16)21-13/h10-11H,6-9H2,1-3H3. The van der Waals surface area contributed by atoms with E-state index >= 15 is 0 Å². The average molecular weight is 371 g/mol. The van der Waals surface area contributed by atoms with Crippen LogP contribution in [-0.2, 0) is 4.74 Å². The van der Waals surface area contributed by atoms with Crippen LogP contribution in [0, 0.1) is 17.8 Å². The molecule has 0 saturated carbocycles. The summed E-state index contributed by atoms with van der Waals surface area (Å²) in [5, 5.41) is 0.830. The van der Waals surface area contributed by atoms with Crippen LogP contribution in [0.15, 0.2) is 9.98 Å². The lowest BCUT2D eigenvalue weighted by molar-refractivity contribution is 0.0199. The minimum atomic E-state index is -0.439. The second kappa shape index (κ2) is 6.80. The fourth-order valence-corrected chi connectivity index (χ4v) is 3.08. The largest absolute Gasteiger partial charge is 0.444 e. The number of rotatable bonds is 0. The molecule has 0 radical (unpaired) electrons. The van der Waals surface area contributed by atoms with Gasteiger partial charge in [-0.05, 0) is 55.5 Å². The maximum atomic E-state index is 12.0. The number of thiazole rings is 1. The predicted octanol–water partition coefficient (Wildman–Crippen LogP) is 3.90. The number of carbonyl (C=O) groups is 1. The highest BCUT2D eigenvalue weighted by Crippen LogP contribution is 2.21. The molecule has 1 aliphatic heterocycles. The zero-order chi connectivity index (χ0) is 15.5. The summed E-state index contributed by atoms with van der Waals surface area (Å²) in [6.45, 7) is 7.06. The highest BCUT2D eigenvalue weighted by Gasteiger charge is 2.26. The SMILES string of the molecule is CC(C)(C)OC(=O)N1CCC(C#Cc2ncc(Br)s2)CC1. The molecule has 1 amide bonds. The number of hydrogen-bond donors (Lipinski definition) is 0. The number of piperidine rings is 1. The third-order valence-corrected chi connectivity index (χ3v) is 4.40. The molecule has 114 valence electrons. The fraction of sp³-hybridized carbons (Fsp3) is 0.600. The second-order valence-corrected chi connectivity index (χ2v) is 8.39. The van der Waals surface area contributed by atoms with Crippen LogP contribution in [0.3, 0.4) is 0 Å². The molecule has 2 rings (SSSR count). The smallest absolute Gasteiger partial charge is 0.410 e. The van der Waals surface area contributed by atoms with Crippen LogP contribution >= 0.6 is 27.3 Å². The molecule has 1 fully saturated rings. The van der Waals surface area contributed by atoms with Gasteiger partial charge in [0.2, 0.25) is 0 Å². The van der Waals surface area contributed by atoms with Gasteiger partial charge < -0.3 is 9.64 Å². The van der Waals surface area contributed by atoms with Crippen LogP contribution in [0.5, 0.6) is 0 Å². The fourth-order valence-electron chi connectivity index (χ4n) is 2.01. The van der Waals surface area contributed by atoms with E-state index in [1.165, 1.54) is 11.3 Å². The maximum absolute atomic E-state index is 12.0. The van der Waals surface area contributed by atoms with E-state index in [0.717, 1.165) is 21.6 Å². The molecule has 1 aliphatic rings. The Kier molecular flexibility index (Phi) is 5.28. The van der Waals surface area contributed by atoms with Crippen molar-refractivity contribution in [2.45, 2.75) is 39.2 Å². The van der Waals surface area contributed by atoms with Crippen molar-refractivity contribution in [2.24, 2.45) is 5.92 Å². The Morgan fingerprint density at radius 2 is 2.14 bits per heavy atom. The van der Waals surface area contributed by atoms with Crippen molar-refractivity contribution in [2.75, 3.05) is 13.1 Å². The molecule has 21 heavy (non-hydrogen) atoms. The monoisotopic (exact) mass is 370 g/mol. The molecule has 1 saturated heterocycles. The molecule has 4 nitrogen and oxygen atoms in total. The zero-order valence-electron chi connectivity index (χ0n) is 12.5. The third kappa shape index (κ3) is 5.33. The number of aromatic nitrogens is 1. The predicted molar refractivity (Wildman–Crippen MR) is 87.2 cm³/mol. The molecular formula is C15H19BrN2O2S. The first-order valence-electron chi connectivity index (χ1n) is 6.94. The first-order chi connectivity index (χ1) is 9.83. The molecule has 1 aromatic rings. The number of amides is 1. The molecule has 0 aliphatic carbocycles. The van der Waals surface area contributed by atoms with Gasteiger partial charge in [0.25, 0.3) is 0 Å². The topological polar surface area (TPSA) is 42.4 Å². The summed E-state index contributed by atoms with van der Waals surface area (Å²) < 4.78 is 6.37. The molecule has 2 heterocycles. The molecule has 1 aromatic heterocycles. The van der Waals surface area contributed by atoms with Crippen LogP contribution in [0.1, 0.15) is 38.6 Å². The Bertz CT molecular complexity index is 560. The first kappa shape index (κ1) is 16.3. The maximum Gasteiger partial charge on any atom is 0.410 e. The lowest BCUT2D eigenvalue weighted by Crippen LogP contribution is -2.41. The molecule has 0 N–H and O–H groups in total. The number of halogens is 1. The van der Waals surface area contributed by atoms with Gasteiger partial charge in [0.05, 0.1) is 9.98 Å². The highest BCUT2D eigenvalue weighted by atomic mass is 79.9. The molecule has 0 unspecified atom stereocenters. The lowest BCUT2D eigenvalue weighted by Gasteiger charge is -2.31. The van der Waals surface area contributed by atoms with Gasteiger partial charge >= 0.3 is 6.09 Å². The van der Waals surface area contributed by atoms with Crippen LogP contribution in [0.2, 0.25) is 0 Å². The summed E-state index contributed by atoms with van der Waals surface area (Å²) in [6.07, 6.45) is 3.31. The Labute approximate surface area is 138 Å². The summed E-state index contributed by atoms with van der Waals surface area (Å²) in [7, 11) is 0. The Balaban J connectivity index is 1.83. The van der Waals surface area contributed by atoms with Crippen LogP contribution < -0.4 is 0 Å². The van der Waals surface area contributed by atoms with Crippen LogP contribution in [0.25, 0.3) is 0 Å².